The summed E-state index contributed by atoms with van der Waals surface area (Å²) in [6, 6.07) is 3.14. The van der Waals surface area contributed by atoms with Crippen molar-refractivity contribution in [3.8, 4) is 5.75 Å². The quantitative estimate of drug-likeness (QED) is 0.704. The Balaban J connectivity index is 2.76. The van der Waals surface area contributed by atoms with Crippen molar-refractivity contribution in [1.82, 2.24) is 5.32 Å². The predicted octanol–water partition coefficient (Wildman–Crippen LogP) is 1.27. The number of aromatic hydroxyl groups is 1. The minimum absolute atomic E-state index is 0.0539. The molecule has 0 aromatic heterocycles. The van der Waals surface area contributed by atoms with Gasteiger partial charge in [-0.2, -0.15) is 0 Å². The average Bonchev–Trinajstić information content (AvgIpc) is 2.18. The van der Waals surface area contributed by atoms with Gasteiger partial charge in [0.2, 0.25) is 0 Å². The number of aliphatic carboxylic acids is 1. The summed E-state index contributed by atoms with van der Waals surface area (Å²) in [5.41, 5.74) is 0.344. The second-order valence-corrected chi connectivity index (χ2v) is 3.20. The van der Waals surface area contributed by atoms with Crippen molar-refractivity contribution in [3.05, 3.63) is 29.6 Å². The van der Waals surface area contributed by atoms with E-state index in [-0.39, 0.29) is 12.3 Å². The molecule has 0 amide bonds. The second kappa shape index (κ2) is 4.75. The molecular formula is C10H12FNO3. The van der Waals surface area contributed by atoms with Gasteiger partial charge < -0.3 is 15.5 Å². The first-order chi connectivity index (χ1) is 7.00. The molecule has 15 heavy (non-hydrogen) atoms. The van der Waals surface area contributed by atoms with Crippen LogP contribution < -0.4 is 5.32 Å². The lowest BCUT2D eigenvalue weighted by Crippen LogP contribution is -2.25. The van der Waals surface area contributed by atoms with Gasteiger partial charge in [0.1, 0.15) is 11.6 Å². The summed E-state index contributed by atoms with van der Waals surface area (Å²) in [5.74, 6) is -1.52. The van der Waals surface area contributed by atoms with Crippen molar-refractivity contribution >= 4 is 5.97 Å². The zero-order chi connectivity index (χ0) is 11.4. The van der Waals surface area contributed by atoms with Crippen molar-refractivity contribution in [2.24, 2.45) is 0 Å². The summed E-state index contributed by atoms with van der Waals surface area (Å²) in [7, 11) is 0. The van der Waals surface area contributed by atoms with E-state index >= 15 is 0 Å². The zero-order valence-corrected chi connectivity index (χ0v) is 8.20. The van der Waals surface area contributed by atoms with Crippen LogP contribution in [0.15, 0.2) is 18.2 Å². The summed E-state index contributed by atoms with van der Waals surface area (Å²) >= 11 is 0. The van der Waals surface area contributed by atoms with Gasteiger partial charge in [0.25, 0.3) is 0 Å². The first kappa shape index (κ1) is 11.5. The smallest absolute Gasteiger partial charge is 0.317 e. The van der Waals surface area contributed by atoms with Crippen LogP contribution in [0.4, 0.5) is 4.39 Å². The van der Waals surface area contributed by atoms with E-state index in [9.17, 15) is 14.3 Å². The highest BCUT2D eigenvalue weighted by Crippen LogP contribution is 2.24. The predicted molar refractivity (Wildman–Crippen MR) is 52.1 cm³/mol. The van der Waals surface area contributed by atoms with E-state index < -0.39 is 17.8 Å². The average molecular weight is 213 g/mol. The molecule has 0 bridgehead atoms. The molecule has 0 heterocycles. The summed E-state index contributed by atoms with van der Waals surface area (Å²) in [4.78, 5) is 10.3. The number of rotatable bonds is 4. The minimum atomic E-state index is -1.00. The van der Waals surface area contributed by atoms with E-state index in [0.717, 1.165) is 6.07 Å². The van der Waals surface area contributed by atoms with Gasteiger partial charge in [-0.1, -0.05) is 0 Å². The van der Waals surface area contributed by atoms with E-state index in [0.29, 0.717) is 5.56 Å². The third-order valence-corrected chi connectivity index (χ3v) is 2.02. The van der Waals surface area contributed by atoms with E-state index in [2.05, 4.69) is 5.32 Å². The van der Waals surface area contributed by atoms with Crippen LogP contribution in [-0.2, 0) is 4.79 Å². The number of carboxylic acid groups (broad SMARTS) is 1. The Kier molecular flexibility index (Phi) is 3.62. The van der Waals surface area contributed by atoms with E-state index in [4.69, 9.17) is 5.11 Å². The number of benzene rings is 1. The maximum absolute atomic E-state index is 12.9. The number of halogens is 1. The van der Waals surface area contributed by atoms with Gasteiger partial charge in [-0.25, -0.2) is 4.39 Å². The Labute approximate surface area is 86.4 Å². The molecule has 0 aliphatic carbocycles. The summed E-state index contributed by atoms with van der Waals surface area (Å²) < 4.78 is 12.9. The number of phenolic OH excluding ortho intramolecular Hbond substituents is 1. The third kappa shape index (κ3) is 3.21. The first-order valence-corrected chi connectivity index (χ1v) is 4.44. The molecule has 0 spiro atoms. The number of hydrogen-bond acceptors (Lipinski definition) is 3. The highest BCUT2D eigenvalue weighted by atomic mass is 19.1. The largest absolute Gasteiger partial charge is 0.508 e. The Bertz CT molecular complexity index is 368. The van der Waals surface area contributed by atoms with Crippen LogP contribution in [0, 0.1) is 5.82 Å². The van der Waals surface area contributed by atoms with Gasteiger partial charge in [0.05, 0.1) is 6.54 Å². The van der Waals surface area contributed by atoms with Gasteiger partial charge in [-0.3, -0.25) is 4.79 Å². The maximum Gasteiger partial charge on any atom is 0.317 e. The minimum Gasteiger partial charge on any atom is -0.508 e. The van der Waals surface area contributed by atoms with Gasteiger partial charge in [-0.05, 0) is 25.1 Å². The van der Waals surface area contributed by atoms with E-state index in [1.54, 1.807) is 6.92 Å². The van der Waals surface area contributed by atoms with Gasteiger partial charge in [0.15, 0.2) is 0 Å². The molecule has 0 saturated carbocycles. The van der Waals surface area contributed by atoms with Crippen molar-refractivity contribution in [2.75, 3.05) is 6.54 Å². The molecule has 4 nitrogen and oxygen atoms in total. The van der Waals surface area contributed by atoms with Gasteiger partial charge in [-0.15, -0.1) is 0 Å². The maximum atomic E-state index is 12.9. The van der Waals surface area contributed by atoms with E-state index in [1.165, 1.54) is 12.1 Å². The molecule has 1 rings (SSSR count). The summed E-state index contributed by atoms with van der Waals surface area (Å²) in [6.07, 6.45) is 0. The fourth-order valence-electron chi connectivity index (χ4n) is 1.22. The van der Waals surface area contributed by atoms with Crippen molar-refractivity contribution in [3.63, 3.8) is 0 Å². The molecule has 0 aliphatic rings. The SMILES string of the molecule is CC(NCC(=O)O)c1cc(F)ccc1O. The molecule has 1 atom stereocenters. The summed E-state index contributed by atoms with van der Waals surface area (Å²) in [6.45, 7) is 1.41. The van der Waals surface area contributed by atoms with Crippen LogP contribution in [0.2, 0.25) is 0 Å². The van der Waals surface area contributed by atoms with Gasteiger partial charge >= 0.3 is 5.97 Å². The zero-order valence-electron chi connectivity index (χ0n) is 8.20. The standard InChI is InChI=1S/C10H12FNO3/c1-6(12-5-10(14)15)8-4-7(11)2-3-9(8)13/h2-4,6,12-13H,5H2,1H3,(H,14,15). The van der Waals surface area contributed by atoms with Crippen LogP contribution in [0.1, 0.15) is 18.5 Å². The second-order valence-electron chi connectivity index (χ2n) is 3.20. The topological polar surface area (TPSA) is 69.6 Å². The molecule has 1 aromatic rings. The van der Waals surface area contributed by atoms with Crippen LogP contribution in [-0.4, -0.2) is 22.7 Å². The monoisotopic (exact) mass is 213 g/mol. The fraction of sp³-hybridized carbons (Fsp3) is 0.300. The van der Waals surface area contributed by atoms with Crippen molar-refractivity contribution in [1.29, 1.82) is 0 Å². The molecule has 5 heteroatoms. The lowest BCUT2D eigenvalue weighted by Gasteiger charge is -2.14. The van der Waals surface area contributed by atoms with Crippen LogP contribution in [0.3, 0.4) is 0 Å². The Morgan fingerprint density at radius 3 is 2.87 bits per heavy atom. The molecule has 0 fully saturated rings. The van der Waals surface area contributed by atoms with Crippen LogP contribution in [0.25, 0.3) is 0 Å². The molecule has 3 N–H and O–H groups in total. The number of phenols is 1. The Morgan fingerprint density at radius 2 is 2.27 bits per heavy atom. The number of carbonyl (C=O) groups is 1. The summed E-state index contributed by atoms with van der Waals surface area (Å²) in [5, 5.41) is 20.5. The lowest BCUT2D eigenvalue weighted by atomic mass is 10.1. The van der Waals surface area contributed by atoms with Crippen molar-refractivity contribution < 1.29 is 19.4 Å². The van der Waals surface area contributed by atoms with Crippen LogP contribution in [0.5, 0.6) is 5.75 Å². The molecule has 1 aromatic carbocycles. The number of carboxylic acids is 1. The van der Waals surface area contributed by atoms with Gasteiger partial charge in [0, 0.05) is 11.6 Å². The molecule has 0 radical (unpaired) electrons. The number of hydrogen-bond donors (Lipinski definition) is 3. The van der Waals surface area contributed by atoms with E-state index in [1.807, 2.05) is 0 Å². The highest BCUT2D eigenvalue weighted by Gasteiger charge is 2.11. The molecule has 0 aliphatic heterocycles. The molecular weight excluding hydrogens is 201 g/mol. The third-order valence-electron chi connectivity index (χ3n) is 2.02. The fourth-order valence-corrected chi connectivity index (χ4v) is 1.22. The molecule has 0 saturated heterocycles. The Hall–Kier alpha value is -1.62. The van der Waals surface area contributed by atoms with Crippen molar-refractivity contribution in [2.45, 2.75) is 13.0 Å². The Morgan fingerprint density at radius 1 is 1.60 bits per heavy atom. The first-order valence-electron chi connectivity index (χ1n) is 4.44. The van der Waals surface area contributed by atoms with Crippen LogP contribution >= 0.6 is 0 Å². The molecule has 82 valence electrons. The molecule has 1 unspecified atom stereocenters. The number of nitrogens with one attached hydrogen (secondary N) is 1. The highest BCUT2D eigenvalue weighted by molar-refractivity contribution is 5.69. The normalized spacial score (nSPS) is 12.4. The lowest BCUT2D eigenvalue weighted by molar-refractivity contribution is -0.136.